The fourth-order valence-electron chi connectivity index (χ4n) is 2.69. The molecule has 1 atom stereocenters. The summed E-state index contributed by atoms with van der Waals surface area (Å²) in [6.07, 6.45) is 4.07. The van der Waals surface area contributed by atoms with Crippen molar-refractivity contribution < 1.29 is 4.79 Å². The zero-order valence-electron chi connectivity index (χ0n) is 8.64. The molecule has 1 aliphatic heterocycles. The Bertz CT molecular complexity index is 300. The Morgan fingerprint density at radius 3 is 2.57 bits per heavy atom. The summed E-state index contributed by atoms with van der Waals surface area (Å²) in [5, 5.41) is 6.34. The first-order chi connectivity index (χ1) is 6.44. The van der Waals surface area contributed by atoms with Gasteiger partial charge in [0.25, 0.3) is 5.91 Å². The van der Waals surface area contributed by atoms with Gasteiger partial charge in [-0.1, -0.05) is 20.3 Å². The topological polar surface area (TPSA) is 41.1 Å². The first-order valence-electron chi connectivity index (χ1n) is 5.07. The molecule has 0 aromatic heterocycles. The summed E-state index contributed by atoms with van der Waals surface area (Å²) >= 11 is 4.98. The van der Waals surface area contributed by atoms with Crippen LogP contribution in [0.3, 0.4) is 0 Å². The molecular formula is C10H16N2OS. The van der Waals surface area contributed by atoms with Crippen LogP contribution in [0, 0.1) is 5.41 Å². The Balaban J connectivity index is 2.24. The maximum absolute atomic E-state index is 11.8. The van der Waals surface area contributed by atoms with E-state index in [9.17, 15) is 4.79 Å². The Kier molecular flexibility index (Phi) is 2.07. The molecule has 4 heteroatoms. The molecule has 1 spiro atoms. The molecule has 1 saturated heterocycles. The van der Waals surface area contributed by atoms with Gasteiger partial charge in [-0.25, -0.2) is 0 Å². The minimum absolute atomic E-state index is 0.0651. The zero-order chi connectivity index (χ0) is 10.4. The number of rotatable bonds is 0. The number of thiocarbonyl (C=S) groups is 1. The maximum atomic E-state index is 11.8. The summed E-state index contributed by atoms with van der Waals surface area (Å²) in [4.78, 5) is 11.8. The number of carbonyl (C=O) groups is 1. The van der Waals surface area contributed by atoms with Gasteiger partial charge in [0.15, 0.2) is 5.11 Å². The summed E-state index contributed by atoms with van der Waals surface area (Å²) in [5.74, 6) is 0.0651. The molecule has 2 rings (SSSR count). The van der Waals surface area contributed by atoms with Crippen molar-refractivity contribution in [2.75, 3.05) is 0 Å². The first-order valence-corrected chi connectivity index (χ1v) is 5.48. The SMILES string of the molecule is CC1(C)CCCC2(C1)NC(=S)NC2=O. The van der Waals surface area contributed by atoms with Crippen LogP contribution in [-0.4, -0.2) is 16.6 Å². The number of amides is 1. The molecule has 1 heterocycles. The van der Waals surface area contributed by atoms with Crippen LogP contribution < -0.4 is 10.6 Å². The van der Waals surface area contributed by atoms with E-state index in [2.05, 4.69) is 24.5 Å². The average molecular weight is 212 g/mol. The standard InChI is InChI=1S/C10H16N2OS/c1-9(2)4-3-5-10(6-9)7(13)11-8(14)12-10/h3-6H2,1-2H3,(H2,11,12,13,14). The molecule has 1 unspecified atom stereocenters. The number of hydrogen-bond acceptors (Lipinski definition) is 2. The number of hydrogen-bond donors (Lipinski definition) is 2. The van der Waals surface area contributed by atoms with Crippen LogP contribution >= 0.6 is 12.2 Å². The van der Waals surface area contributed by atoms with E-state index in [1.54, 1.807) is 0 Å². The van der Waals surface area contributed by atoms with Crippen molar-refractivity contribution in [3.8, 4) is 0 Å². The molecule has 2 N–H and O–H groups in total. The van der Waals surface area contributed by atoms with Crippen LogP contribution in [0.15, 0.2) is 0 Å². The molecule has 1 saturated carbocycles. The van der Waals surface area contributed by atoms with Gasteiger partial charge in [0.05, 0.1) is 0 Å². The second kappa shape index (κ2) is 2.92. The van der Waals surface area contributed by atoms with Crippen molar-refractivity contribution in [3.05, 3.63) is 0 Å². The Hall–Kier alpha value is -0.640. The van der Waals surface area contributed by atoms with E-state index in [-0.39, 0.29) is 11.3 Å². The van der Waals surface area contributed by atoms with Crippen molar-refractivity contribution in [3.63, 3.8) is 0 Å². The van der Waals surface area contributed by atoms with Gasteiger partial charge in [0.1, 0.15) is 5.54 Å². The second-order valence-electron chi connectivity index (χ2n) is 5.18. The van der Waals surface area contributed by atoms with Crippen LogP contribution in [0.1, 0.15) is 39.5 Å². The highest BCUT2D eigenvalue weighted by Gasteiger charge is 2.49. The monoisotopic (exact) mass is 212 g/mol. The highest BCUT2D eigenvalue weighted by atomic mass is 32.1. The van der Waals surface area contributed by atoms with Gasteiger partial charge in [-0.3, -0.25) is 4.79 Å². The lowest BCUT2D eigenvalue weighted by molar-refractivity contribution is -0.126. The molecule has 0 aromatic carbocycles. The lowest BCUT2D eigenvalue weighted by Gasteiger charge is -2.40. The average Bonchev–Trinajstić information content (AvgIpc) is 2.24. The molecule has 3 nitrogen and oxygen atoms in total. The summed E-state index contributed by atoms with van der Waals surface area (Å²) < 4.78 is 0. The molecule has 0 aromatic rings. The van der Waals surface area contributed by atoms with Crippen molar-refractivity contribution in [1.82, 2.24) is 10.6 Å². The van der Waals surface area contributed by atoms with Crippen LogP contribution in [0.2, 0.25) is 0 Å². The largest absolute Gasteiger partial charge is 0.348 e. The fourth-order valence-corrected chi connectivity index (χ4v) is 2.98. The smallest absolute Gasteiger partial charge is 0.251 e. The summed E-state index contributed by atoms with van der Waals surface area (Å²) in [7, 11) is 0. The number of carbonyl (C=O) groups excluding carboxylic acids is 1. The lowest BCUT2D eigenvalue weighted by atomic mass is 9.68. The van der Waals surface area contributed by atoms with E-state index in [1.807, 2.05) is 0 Å². The summed E-state index contributed by atoms with van der Waals surface area (Å²) in [6.45, 7) is 4.43. The minimum Gasteiger partial charge on any atom is -0.348 e. The third kappa shape index (κ3) is 1.52. The number of nitrogens with one attached hydrogen (secondary N) is 2. The van der Waals surface area contributed by atoms with E-state index in [4.69, 9.17) is 12.2 Å². The minimum atomic E-state index is -0.404. The van der Waals surface area contributed by atoms with Gasteiger partial charge in [-0.15, -0.1) is 0 Å². The predicted octanol–water partition coefficient (Wildman–Crippen LogP) is 1.33. The molecule has 2 aliphatic rings. The van der Waals surface area contributed by atoms with Crippen LogP contribution in [0.25, 0.3) is 0 Å². The Morgan fingerprint density at radius 1 is 1.36 bits per heavy atom. The van der Waals surface area contributed by atoms with Gasteiger partial charge in [0.2, 0.25) is 0 Å². The third-order valence-corrected chi connectivity index (χ3v) is 3.46. The van der Waals surface area contributed by atoms with Crippen LogP contribution in [0.4, 0.5) is 0 Å². The quantitative estimate of drug-likeness (QED) is 0.595. The fraction of sp³-hybridized carbons (Fsp3) is 0.800. The molecular weight excluding hydrogens is 196 g/mol. The van der Waals surface area contributed by atoms with E-state index in [0.717, 1.165) is 19.3 Å². The first kappa shape index (κ1) is 9.90. The van der Waals surface area contributed by atoms with Crippen LogP contribution in [0.5, 0.6) is 0 Å². The maximum Gasteiger partial charge on any atom is 0.251 e. The highest BCUT2D eigenvalue weighted by molar-refractivity contribution is 7.80. The summed E-state index contributed by atoms with van der Waals surface area (Å²) in [6, 6.07) is 0. The molecule has 78 valence electrons. The van der Waals surface area contributed by atoms with E-state index in [1.165, 1.54) is 6.42 Å². The molecule has 1 aliphatic carbocycles. The lowest BCUT2D eigenvalue weighted by Crippen LogP contribution is -2.52. The molecule has 1 amide bonds. The molecule has 0 radical (unpaired) electrons. The van der Waals surface area contributed by atoms with Crippen molar-refractivity contribution in [2.45, 2.75) is 45.1 Å². The summed E-state index contributed by atoms with van der Waals surface area (Å²) in [5.41, 5.74) is -0.165. The van der Waals surface area contributed by atoms with E-state index >= 15 is 0 Å². The Labute approximate surface area is 89.6 Å². The van der Waals surface area contributed by atoms with Crippen molar-refractivity contribution >= 4 is 23.2 Å². The van der Waals surface area contributed by atoms with E-state index < -0.39 is 5.54 Å². The van der Waals surface area contributed by atoms with Crippen molar-refractivity contribution in [2.24, 2.45) is 5.41 Å². The van der Waals surface area contributed by atoms with Gasteiger partial charge in [-0.2, -0.15) is 0 Å². The third-order valence-electron chi connectivity index (χ3n) is 3.25. The van der Waals surface area contributed by atoms with Crippen molar-refractivity contribution in [1.29, 1.82) is 0 Å². The van der Waals surface area contributed by atoms with E-state index in [0.29, 0.717) is 5.11 Å². The Morgan fingerprint density at radius 2 is 2.07 bits per heavy atom. The highest BCUT2D eigenvalue weighted by Crippen LogP contribution is 2.42. The normalized spacial score (nSPS) is 35.6. The van der Waals surface area contributed by atoms with Gasteiger partial charge >= 0.3 is 0 Å². The second-order valence-corrected chi connectivity index (χ2v) is 5.59. The van der Waals surface area contributed by atoms with Gasteiger partial charge in [-0.05, 0) is 36.9 Å². The molecule has 14 heavy (non-hydrogen) atoms. The van der Waals surface area contributed by atoms with Crippen LogP contribution in [-0.2, 0) is 4.79 Å². The van der Waals surface area contributed by atoms with Gasteiger partial charge < -0.3 is 10.6 Å². The van der Waals surface area contributed by atoms with Gasteiger partial charge in [0, 0.05) is 0 Å². The molecule has 2 fully saturated rings. The zero-order valence-corrected chi connectivity index (χ0v) is 9.46. The molecule has 0 bridgehead atoms. The predicted molar refractivity (Wildman–Crippen MR) is 58.9 cm³/mol.